The lowest BCUT2D eigenvalue weighted by molar-refractivity contribution is 0.00578. The second-order valence-corrected chi connectivity index (χ2v) is 8.84. The van der Waals surface area contributed by atoms with Crippen LogP contribution in [-0.4, -0.2) is 28.3 Å². The lowest BCUT2D eigenvalue weighted by Gasteiger charge is -2.32. The number of nitrogens with zero attached hydrogens (tertiary/aromatic N) is 2. The first-order valence-corrected chi connectivity index (χ1v) is 9.99. The number of rotatable bonds is 2. The molecule has 3 aromatic rings. The smallest absolute Gasteiger partial charge is 0.399 e. The van der Waals surface area contributed by atoms with E-state index in [2.05, 4.69) is 73.3 Å². The van der Waals surface area contributed by atoms with E-state index in [1.807, 2.05) is 12.1 Å². The second-order valence-electron chi connectivity index (χ2n) is 8.84. The zero-order valence-corrected chi connectivity index (χ0v) is 17.2. The molecule has 2 aromatic carbocycles. The van der Waals surface area contributed by atoms with Crippen LogP contribution in [0.25, 0.3) is 10.9 Å². The van der Waals surface area contributed by atoms with E-state index in [4.69, 9.17) is 15.0 Å². The first kappa shape index (κ1) is 18.5. The Labute approximate surface area is 171 Å². The number of nitrogens with two attached hydrogens (primary N) is 1. The van der Waals surface area contributed by atoms with Crippen molar-refractivity contribution in [2.24, 2.45) is 0 Å². The van der Waals surface area contributed by atoms with Gasteiger partial charge in [-0.1, -0.05) is 36.4 Å². The molecule has 29 heavy (non-hydrogen) atoms. The summed E-state index contributed by atoms with van der Waals surface area (Å²) >= 11 is 0. The summed E-state index contributed by atoms with van der Waals surface area (Å²) in [7, 11) is -0.432. The van der Waals surface area contributed by atoms with Crippen LogP contribution >= 0.6 is 0 Å². The maximum absolute atomic E-state index is 6.24. The predicted molar refractivity (Wildman–Crippen MR) is 115 cm³/mol. The summed E-state index contributed by atoms with van der Waals surface area (Å²) in [5, 5.41) is 4.52. The van der Waals surface area contributed by atoms with Crippen molar-refractivity contribution in [3.63, 3.8) is 0 Å². The average molecular weight is 388 g/mol. The van der Waals surface area contributed by atoms with Crippen LogP contribution in [0.1, 0.15) is 50.6 Å². The number of benzene rings is 2. The molecule has 2 aliphatic heterocycles. The van der Waals surface area contributed by atoms with Crippen molar-refractivity contribution < 1.29 is 9.31 Å². The van der Waals surface area contributed by atoms with Crippen LogP contribution in [0.5, 0.6) is 0 Å². The Morgan fingerprint density at radius 3 is 2.52 bits per heavy atom. The van der Waals surface area contributed by atoms with Gasteiger partial charge < -0.3 is 20.4 Å². The Morgan fingerprint density at radius 1 is 1.03 bits per heavy atom. The van der Waals surface area contributed by atoms with Gasteiger partial charge >= 0.3 is 7.12 Å². The molecule has 2 aliphatic rings. The lowest BCUT2D eigenvalue weighted by Crippen LogP contribution is -2.41. The standard InChI is InChI=1S/C22H25BN4O2/c1-21(2)22(3,4)29-23(28-21)14-9-10-17-16(11-14)19(27-20(24)26-17)18-15-8-6-5-7-13(15)12-25-18/h5-11,18,25H,12H2,1-4H3,(H2,24,26,27). The van der Waals surface area contributed by atoms with E-state index < -0.39 is 7.12 Å². The first-order valence-electron chi connectivity index (χ1n) is 9.99. The summed E-state index contributed by atoms with van der Waals surface area (Å²) in [6, 6.07) is 14.4. The number of nitrogens with one attached hydrogen (secondary N) is 1. The van der Waals surface area contributed by atoms with E-state index in [-0.39, 0.29) is 23.2 Å². The van der Waals surface area contributed by atoms with Gasteiger partial charge in [0.1, 0.15) is 0 Å². The van der Waals surface area contributed by atoms with Crippen LogP contribution in [0, 0.1) is 0 Å². The van der Waals surface area contributed by atoms with Gasteiger partial charge in [0.05, 0.1) is 28.5 Å². The van der Waals surface area contributed by atoms with Crippen LogP contribution < -0.4 is 16.5 Å². The zero-order chi connectivity index (χ0) is 20.4. The maximum Gasteiger partial charge on any atom is 0.494 e. The fourth-order valence-electron chi connectivity index (χ4n) is 4.08. The van der Waals surface area contributed by atoms with Gasteiger partial charge in [0, 0.05) is 11.9 Å². The van der Waals surface area contributed by atoms with E-state index in [1.54, 1.807) is 0 Å². The fourth-order valence-corrected chi connectivity index (χ4v) is 4.08. The molecule has 1 atom stereocenters. The Balaban J connectivity index is 1.62. The molecule has 1 saturated heterocycles. The Bertz CT molecular complexity index is 1100. The van der Waals surface area contributed by atoms with Crippen LogP contribution in [-0.2, 0) is 15.9 Å². The number of anilines is 1. The highest BCUT2D eigenvalue weighted by atomic mass is 16.7. The summed E-state index contributed by atoms with van der Waals surface area (Å²) in [4.78, 5) is 9.08. The highest BCUT2D eigenvalue weighted by molar-refractivity contribution is 6.62. The summed E-state index contributed by atoms with van der Waals surface area (Å²) in [5.74, 6) is 0.280. The van der Waals surface area contributed by atoms with Gasteiger partial charge in [0.2, 0.25) is 5.95 Å². The van der Waals surface area contributed by atoms with Gasteiger partial charge in [-0.25, -0.2) is 9.97 Å². The largest absolute Gasteiger partial charge is 0.494 e. The van der Waals surface area contributed by atoms with E-state index in [1.165, 1.54) is 11.1 Å². The molecule has 3 N–H and O–H groups in total. The minimum atomic E-state index is -0.432. The summed E-state index contributed by atoms with van der Waals surface area (Å²) in [5.41, 5.74) is 10.4. The van der Waals surface area contributed by atoms with Crippen LogP contribution in [0.3, 0.4) is 0 Å². The molecule has 7 heteroatoms. The first-order chi connectivity index (χ1) is 13.7. The third-order valence-electron chi connectivity index (χ3n) is 6.43. The quantitative estimate of drug-likeness (QED) is 0.657. The van der Waals surface area contributed by atoms with Crippen molar-refractivity contribution in [1.82, 2.24) is 15.3 Å². The van der Waals surface area contributed by atoms with Crippen LogP contribution in [0.4, 0.5) is 5.95 Å². The van der Waals surface area contributed by atoms with Gasteiger partial charge in [0.15, 0.2) is 0 Å². The minimum Gasteiger partial charge on any atom is -0.399 e. The molecular weight excluding hydrogens is 363 g/mol. The molecule has 5 rings (SSSR count). The zero-order valence-electron chi connectivity index (χ0n) is 17.2. The lowest BCUT2D eigenvalue weighted by atomic mass is 9.78. The van der Waals surface area contributed by atoms with Gasteiger partial charge in [-0.2, -0.15) is 0 Å². The van der Waals surface area contributed by atoms with E-state index >= 15 is 0 Å². The van der Waals surface area contributed by atoms with Gasteiger partial charge in [-0.3, -0.25) is 0 Å². The minimum absolute atomic E-state index is 0.0208. The molecule has 1 unspecified atom stereocenters. The number of aromatic nitrogens is 2. The molecule has 3 heterocycles. The molecule has 6 nitrogen and oxygen atoms in total. The molecule has 0 bridgehead atoms. The molecule has 0 saturated carbocycles. The van der Waals surface area contributed by atoms with Crippen molar-refractivity contribution in [2.75, 3.05) is 5.73 Å². The number of nitrogen functional groups attached to an aromatic ring is 1. The van der Waals surface area contributed by atoms with E-state index in [0.29, 0.717) is 0 Å². The van der Waals surface area contributed by atoms with Crippen molar-refractivity contribution >= 4 is 29.4 Å². The SMILES string of the molecule is CC1(C)OB(c2ccc3nc(N)nc(C4NCc5ccccc54)c3c2)OC1(C)C. The summed E-state index contributed by atoms with van der Waals surface area (Å²) in [6.45, 7) is 9.04. The molecular formula is C22H25BN4O2. The third-order valence-corrected chi connectivity index (χ3v) is 6.43. The van der Waals surface area contributed by atoms with Crippen LogP contribution in [0.15, 0.2) is 42.5 Å². The van der Waals surface area contributed by atoms with Crippen molar-refractivity contribution in [1.29, 1.82) is 0 Å². The monoisotopic (exact) mass is 388 g/mol. The highest BCUT2D eigenvalue weighted by Crippen LogP contribution is 2.37. The topological polar surface area (TPSA) is 82.3 Å². The molecule has 1 fully saturated rings. The Kier molecular flexibility index (Phi) is 4.00. The fraction of sp³-hybridized carbons (Fsp3) is 0.364. The predicted octanol–water partition coefficient (Wildman–Crippen LogP) is 2.70. The third kappa shape index (κ3) is 2.92. The Morgan fingerprint density at radius 2 is 1.76 bits per heavy atom. The molecule has 1 aromatic heterocycles. The van der Waals surface area contributed by atoms with Crippen molar-refractivity contribution in [3.8, 4) is 0 Å². The van der Waals surface area contributed by atoms with Gasteiger partial charge in [0.25, 0.3) is 0 Å². The summed E-state index contributed by atoms with van der Waals surface area (Å²) in [6.07, 6.45) is 0. The number of hydrogen-bond donors (Lipinski definition) is 2. The van der Waals surface area contributed by atoms with Crippen LogP contribution in [0.2, 0.25) is 0 Å². The highest BCUT2D eigenvalue weighted by Gasteiger charge is 2.51. The van der Waals surface area contributed by atoms with Crippen molar-refractivity contribution in [3.05, 3.63) is 59.3 Å². The molecule has 0 amide bonds. The molecule has 0 spiro atoms. The number of fused-ring (bicyclic) bond motifs is 2. The number of hydrogen-bond acceptors (Lipinski definition) is 6. The van der Waals surface area contributed by atoms with Crippen molar-refractivity contribution in [2.45, 2.75) is 51.5 Å². The molecule has 0 radical (unpaired) electrons. The van der Waals surface area contributed by atoms with Gasteiger partial charge in [-0.05, 0) is 50.4 Å². The normalized spacial score (nSPS) is 22.2. The molecule has 148 valence electrons. The second kappa shape index (κ2) is 6.26. The maximum atomic E-state index is 6.24. The summed E-state index contributed by atoms with van der Waals surface area (Å²) < 4.78 is 12.5. The average Bonchev–Trinajstić information content (AvgIpc) is 3.18. The molecule has 0 aliphatic carbocycles. The Hall–Kier alpha value is -2.48. The van der Waals surface area contributed by atoms with Gasteiger partial charge in [-0.15, -0.1) is 0 Å². The van der Waals surface area contributed by atoms with E-state index in [9.17, 15) is 0 Å². The van der Waals surface area contributed by atoms with E-state index in [0.717, 1.165) is 28.6 Å².